The standard InChI is InChI=1S/C13H22O5.C12H18O5.C12H20O4/c1-10(2)12(15)18-7-11(14)6-16-9-17-8-13(3,4)5;1-9(2)12(14)17-8-10(13)7-16-11-5-3-4-6-15-11;1-8(2)10(5)15-6-11(13)7-16-12(14)9(3)4/h1,6-9H2,2-5H3;11H,1,3-8H2,2H3;8,10H,3,6-7H2,1-2,4-5H3. The molecule has 1 heterocycles. The number of hydrogen-bond donors (Lipinski definition) is 0. The minimum Gasteiger partial charge on any atom is -0.454 e. The zero-order valence-corrected chi connectivity index (χ0v) is 32.1. The molecule has 0 N–H and O–H groups in total. The van der Waals surface area contributed by atoms with Crippen LogP contribution in [0.2, 0.25) is 0 Å². The van der Waals surface area contributed by atoms with Crippen molar-refractivity contribution in [1.82, 2.24) is 0 Å². The predicted octanol–water partition coefficient (Wildman–Crippen LogP) is 4.67. The molecule has 0 saturated carbocycles. The van der Waals surface area contributed by atoms with Crippen LogP contribution in [-0.2, 0) is 66.7 Å². The zero-order chi connectivity index (χ0) is 39.6. The van der Waals surface area contributed by atoms with E-state index in [-0.39, 0.29) is 98.3 Å². The van der Waals surface area contributed by atoms with E-state index in [1.165, 1.54) is 20.8 Å². The minimum atomic E-state index is -0.577. The van der Waals surface area contributed by atoms with E-state index >= 15 is 0 Å². The fourth-order valence-corrected chi connectivity index (χ4v) is 2.94. The highest BCUT2D eigenvalue weighted by molar-refractivity contribution is 5.91. The van der Waals surface area contributed by atoms with E-state index in [1.807, 2.05) is 41.5 Å². The average Bonchev–Trinajstić information content (AvgIpc) is 3.06. The van der Waals surface area contributed by atoms with Crippen molar-refractivity contribution in [3.63, 3.8) is 0 Å². The van der Waals surface area contributed by atoms with Crippen LogP contribution in [0.15, 0.2) is 36.5 Å². The quantitative estimate of drug-likeness (QED) is 0.0524. The van der Waals surface area contributed by atoms with Crippen molar-refractivity contribution in [2.75, 3.05) is 59.6 Å². The van der Waals surface area contributed by atoms with Crippen LogP contribution in [-0.4, -0.2) is 107 Å². The van der Waals surface area contributed by atoms with Gasteiger partial charge >= 0.3 is 17.9 Å². The molecule has 51 heavy (non-hydrogen) atoms. The summed E-state index contributed by atoms with van der Waals surface area (Å²) in [4.78, 5) is 66.8. The molecule has 1 fully saturated rings. The van der Waals surface area contributed by atoms with Gasteiger partial charge in [0, 0.05) is 23.3 Å². The Kier molecular flexibility index (Phi) is 27.3. The Bertz CT molecular complexity index is 1140. The number of carbonyl (C=O) groups is 6. The molecule has 0 aromatic carbocycles. The van der Waals surface area contributed by atoms with Gasteiger partial charge in [-0.1, -0.05) is 54.4 Å². The third kappa shape index (κ3) is 30.9. The van der Waals surface area contributed by atoms with Crippen molar-refractivity contribution in [2.45, 2.75) is 94.0 Å². The van der Waals surface area contributed by atoms with Crippen LogP contribution >= 0.6 is 0 Å². The molecule has 1 aliphatic rings. The van der Waals surface area contributed by atoms with E-state index in [2.05, 4.69) is 29.2 Å². The molecular formula is C37H60O14. The number of hydrogen-bond acceptors (Lipinski definition) is 14. The highest BCUT2D eigenvalue weighted by Crippen LogP contribution is 2.14. The Morgan fingerprint density at radius 1 is 0.667 bits per heavy atom. The van der Waals surface area contributed by atoms with Gasteiger partial charge < -0.3 is 37.9 Å². The Balaban J connectivity index is 0. The van der Waals surface area contributed by atoms with Gasteiger partial charge in [0.2, 0.25) is 0 Å². The molecular weight excluding hydrogens is 668 g/mol. The van der Waals surface area contributed by atoms with E-state index in [0.29, 0.717) is 19.1 Å². The Hall–Kier alpha value is -3.56. The monoisotopic (exact) mass is 728 g/mol. The summed E-state index contributed by atoms with van der Waals surface area (Å²) in [6.45, 7) is 27.0. The van der Waals surface area contributed by atoms with E-state index in [9.17, 15) is 28.8 Å². The molecule has 0 aliphatic carbocycles. The fraction of sp³-hybridized carbons (Fsp3) is 0.676. The van der Waals surface area contributed by atoms with Gasteiger partial charge in [0.1, 0.15) is 26.6 Å². The molecule has 0 aromatic rings. The lowest BCUT2D eigenvalue weighted by Gasteiger charge is -2.22. The van der Waals surface area contributed by atoms with Gasteiger partial charge in [0.05, 0.1) is 12.7 Å². The Labute approximate surface area is 303 Å². The van der Waals surface area contributed by atoms with Crippen molar-refractivity contribution >= 4 is 35.3 Å². The van der Waals surface area contributed by atoms with Crippen LogP contribution in [0.5, 0.6) is 0 Å². The Morgan fingerprint density at radius 2 is 1.12 bits per heavy atom. The van der Waals surface area contributed by atoms with E-state index in [4.69, 9.17) is 28.4 Å². The first kappa shape index (κ1) is 49.6. The smallest absolute Gasteiger partial charge is 0.333 e. The van der Waals surface area contributed by atoms with Crippen LogP contribution in [0.3, 0.4) is 0 Å². The van der Waals surface area contributed by atoms with Gasteiger partial charge in [0.25, 0.3) is 0 Å². The summed E-state index contributed by atoms with van der Waals surface area (Å²) in [5, 5.41) is 0. The van der Waals surface area contributed by atoms with Crippen LogP contribution in [0, 0.1) is 11.3 Å². The normalized spacial score (nSPS) is 14.4. The second-order valence-corrected chi connectivity index (χ2v) is 13.4. The summed E-state index contributed by atoms with van der Waals surface area (Å²) in [6, 6.07) is 0. The molecule has 0 spiro atoms. The first-order valence-electron chi connectivity index (χ1n) is 16.7. The molecule has 14 heteroatoms. The lowest BCUT2D eigenvalue weighted by Crippen LogP contribution is -2.27. The largest absolute Gasteiger partial charge is 0.454 e. The number of carbonyl (C=O) groups excluding carboxylic acids is 6. The maximum absolute atomic E-state index is 11.3. The molecule has 2 atom stereocenters. The number of Topliss-reactive ketones (excluding diaryl/α,β-unsaturated/α-hetero) is 3. The zero-order valence-electron chi connectivity index (χ0n) is 32.1. The van der Waals surface area contributed by atoms with Crippen molar-refractivity contribution in [3.05, 3.63) is 36.5 Å². The summed E-state index contributed by atoms with van der Waals surface area (Å²) < 4.78 is 40.1. The molecule has 0 aromatic heterocycles. The molecule has 1 saturated heterocycles. The maximum atomic E-state index is 11.3. The first-order valence-corrected chi connectivity index (χ1v) is 16.7. The fourth-order valence-electron chi connectivity index (χ4n) is 2.94. The highest BCUT2D eigenvalue weighted by atomic mass is 16.7. The SMILES string of the molecule is C=C(C)C(=O)OCC(=O)COC(C)C(C)C.C=C(C)C(=O)OCC(=O)COC1CCCCO1.C=C(C)C(=O)OCC(=O)COCOCC(C)(C)C. The van der Waals surface area contributed by atoms with Crippen LogP contribution < -0.4 is 0 Å². The third-order valence-corrected chi connectivity index (χ3v) is 6.12. The van der Waals surface area contributed by atoms with Gasteiger partial charge in [-0.3, -0.25) is 14.4 Å². The second kappa shape index (κ2) is 28.1. The number of rotatable bonds is 21. The minimum absolute atomic E-state index is 0.0146. The molecule has 14 nitrogen and oxygen atoms in total. The van der Waals surface area contributed by atoms with Crippen molar-refractivity contribution in [3.8, 4) is 0 Å². The van der Waals surface area contributed by atoms with Gasteiger partial charge in [0.15, 0.2) is 43.5 Å². The lowest BCUT2D eigenvalue weighted by molar-refractivity contribution is -0.171. The number of esters is 3. The summed E-state index contributed by atoms with van der Waals surface area (Å²) in [5.41, 5.74) is 0.875. The average molecular weight is 729 g/mol. The van der Waals surface area contributed by atoms with E-state index < -0.39 is 17.9 Å². The van der Waals surface area contributed by atoms with Gasteiger partial charge in [-0.25, -0.2) is 14.4 Å². The summed E-state index contributed by atoms with van der Waals surface area (Å²) in [6.07, 6.45) is 2.59. The predicted molar refractivity (Wildman–Crippen MR) is 188 cm³/mol. The van der Waals surface area contributed by atoms with Gasteiger partial charge in [-0.05, 0) is 58.3 Å². The van der Waals surface area contributed by atoms with Crippen molar-refractivity contribution in [1.29, 1.82) is 0 Å². The summed E-state index contributed by atoms with van der Waals surface area (Å²) >= 11 is 0. The third-order valence-electron chi connectivity index (χ3n) is 6.12. The molecule has 0 radical (unpaired) electrons. The molecule has 0 amide bonds. The van der Waals surface area contributed by atoms with Crippen LogP contribution in [0.4, 0.5) is 0 Å². The Morgan fingerprint density at radius 3 is 1.51 bits per heavy atom. The van der Waals surface area contributed by atoms with Gasteiger partial charge in [-0.15, -0.1) is 0 Å². The first-order chi connectivity index (χ1) is 23.7. The molecule has 1 aliphatic heterocycles. The van der Waals surface area contributed by atoms with E-state index in [1.54, 1.807) is 0 Å². The lowest BCUT2D eigenvalue weighted by atomic mass is 9.99. The topological polar surface area (TPSA) is 176 Å². The number of ether oxygens (including phenoxy) is 8. The van der Waals surface area contributed by atoms with Crippen LogP contribution in [0.1, 0.15) is 81.6 Å². The molecule has 1 rings (SSSR count). The molecule has 292 valence electrons. The number of ketones is 3. The van der Waals surface area contributed by atoms with Crippen LogP contribution in [0.25, 0.3) is 0 Å². The van der Waals surface area contributed by atoms with E-state index in [0.717, 1.165) is 19.3 Å². The summed E-state index contributed by atoms with van der Waals surface area (Å²) in [5.74, 6) is -2.18. The highest BCUT2D eigenvalue weighted by Gasteiger charge is 2.17. The second-order valence-electron chi connectivity index (χ2n) is 13.4. The maximum Gasteiger partial charge on any atom is 0.333 e. The van der Waals surface area contributed by atoms with Crippen molar-refractivity contribution in [2.24, 2.45) is 11.3 Å². The molecule has 2 unspecified atom stereocenters. The van der Waals surface area contributed by atoms with Crippen molar-refractivity contribution < 1.29 is 66.7 Å². The van der Waals surface area contributed by atoms with Gasteiger partial charge in [-0.2, -0.15) is 0 Å². The molecule has 0 bridgehead atoms. The summed E-state index contributed by atoms with van der Waals surface area (Å²) in [7, 11) is 0.